The van der Waals surface area contributed by atoms with E-state index in [0.29, 0.717) is 18.3 Å². The molecule has 0 radical (unpaired) electrons. The van der Waals surface area contributed by atoms with E-state index in [9.17, 15) is 4.79 Å². The van der Waals surface area contributed by atoms with Gasteiger partial charge in [0.15, 0.2) is 0 Å². The maximum atomic E-state index is 12.8. The lowest BCUT2D eigenvalue weighted by molar-refractivity contribution is 0.0682. The second-order valence-electron chi connectivity index (χ2n) is 7.54. The van der Waals surface area contributed by atoms with E-state index >= 15 is 0 Å². The van der Waals surface area contributed by atoms with Gasteiger partial charge in [-0.05, 0) is 49.3 Å². The van der Waals surface area contributed by atoms with E-state index in [2.05, 4.69) is 29.6 Å². The number of carbonyl (C=O) groups is 1. The molecule has 28 heavy (non-hydrogen) atoms. The summed E-state index contributed by atoms with van der Waals surface area (Å²) >= 11 is 0. The number of urea groups is 1. The van der Waals surface area contributed by atoms with Gasteiger partial charge in [0.1, 0.15) is 12.4 Å². The third kappa shape index (κ3) is 4.65. The minimum atomic E-state index is -0.0559. The molecule has 0 aliphatic carbocycles. The van der Waals surface area contributed by atoms with E-state index in [1.54, 1.807) is 0 Å². The molecule has 2 aromatic rings. The van der Waals surface area contributed by atoms with Gasteiger partial charge >= 0.3 is 6.03 Å². The Kier molecular flexibility index (Phi) is 6.12. The molecule has 1 N–H and O–H groups in total. The molecule has 5 heteroatoms. The largest absolute Gasteiger partial charge is 0.489 e. The maximum Gasteiger partial charge on any atom is 0.321 e. The molecule has 2 aliphatic rings. The van der Waals surface area contributed by atoms with E-state index in [1.807, 2.05) is 35.2 Å². The summed E-state index contributed by atoms with van der Waals surface area (Å²) in [5.41, 5.74) is 2.09. The topological polar surface area (TPSA) is 50.8 Å². The normalized spacial score (nSPS) is 20.1. The van der Waals surface area contributed by atoms with Crippen LogP contribution in [0.2, 0.25) is 0 Å². The lowest BCUT2D eigenvalue weighted by atomic mass is 9.90. The molecule has 148 valence electrons. The number of anilines is 1. The van der Waals surface area contributed by atoms with Crippen LogP contribution < -0.4 is 10.1 Å². The van der Waals surface area contributed by atoms with Gasteiger partial charge in [0.25, 0.3) is 0 Å². The second kappa shape index (κ2) is 9.11. The molecule has 5 nitrogen and oxygen atoms in total. The fraction of sp³-hybridized carbons (Fsp3) is 0.435. The third-order valence-electron chi connectivity index (χ3n) is 5.63. The van der Waals surface area contributed by atoms with Crippen LogP contribution in [0.1, 0.15) is 37.2 Å². The number of para-hydroxylation sites is 2. The third-order valence-corrected chi connectivity index (χ3v) is 5.63. The van der Waals surface area contributed by atoms with Crippen LogP contribution >= 0.6 is 0 Å². The summed E-state index contributed by atoms with van der Waals surface area (Å²) in [6.45, 7) is 2.87. The van der Waals surface area contributed by atoms with E-state index in [-0.39, 0.29) is 12.1 Å². The molecule has 0 saturated carbocycles. The molecule has 0 spiro atoms. The molecule has 2 aromatic carbocycles. The van der Waals surface area contributed by atoms with Crippen molar-refractivity contribution in [3.8, 4) is 5.75 Å². The first-order valence-electron chi connectivity index (χ1n) is 10.2. The van der Waals surface area contributed by atoms with Crippen LogP contribution in [0, 0.1) is 0 Å². The SMILES string of the molecule is O=C(Nc1ccccc1OC[C@H]1CCCO1)N1CCC(c2ccccc2)CC1. The van der Waals surface area contributed by atoms with Crippen LogP contribution in [0.15, 0.2) is 54.6 Å². The predicted octanol–water partition coefficient (Wildman–Crippen LogP) is 4.66. The summed E-state index contributed by atoms with van der Waals surface area (Å²) < 4.78 is 11.5. The Balaban J connectivity index is 1.31. The highest BCUT2D eigenvalue weighted by atomic mass is 16.5. The van der Waals surface area contributed by atoms with Crippen molar-refractivity contribution in [1.82, 2.24) is 4.90 Å². The Labute approximate surface area is 166 Å². The lowest BCUT2D eigenvalue weighted by Crippen LogP contribution is -2.40. The number of rotatable bonds is 5. The van der Waals surface area contributed by atoms with Gasteiger partial charge in [-0.2, -0.15) is 0 Å². The predicted molar refractivity (Wildman–Crippen MR) is 110 cm³/mol. The molecule has 2 saturated heterocycles. The van der Waals surface area contributed by atoms with E-state index in [4.69, 9.17) is 9.47 Å². The fourth-order valence-corrected chi connectivity index (χ4v) is 3.99. The highest BCUT2D eigenvalue weighted by molar-refractivity contribution is 5.91. The van der Waals surface area contributed by atoms with Gasteiger partial charge in [-0.3, -0.25) is 0 Å². The summed E-state index contributed by atoms with van der Waals surface area (Å²) in [6.07, 6.45) is 4.26. The van der Waals surface area contributed by atoms with Gasteiger partial charge in [-0.1, -0.05) is 42.5 Å². The Hall–Kier alpha value is -2.53. The monoisotopic (exact) mass is 380 g/mol. The number of carbonyl (C=O) groups excluding carboxylic acids is 1. The minimum absolute atomic E-state index is 0.0559. The number of piperidine rings is 1. The first-order valence-corrected chi connectivity index (χ1v) is 10.2. The molecule has 0 bridgehead atoms. The highest BCUT2D eigenvalue weighted by Gasteiger charge is 2.24. The maximum absolute atomic E-state index is 12.8. The molecule has 2 heterocycles. The van der Waals surface area contributed by atoms with Crippen molar-refractivity contribution >= 4 is 11.7 Å². The lowest BCUT2D eigenvalue weighted by Gasteiger charge is -2.32. The standard InChI is InChI=1S/C23H28N2O3/c26-23(25-14-12-19(13-15-25)18-7-2-1-3-8-18)24-21-10-4-5-11-22(21)28-17-20-9-6-16-27-20/h1-5,7-8,10-11,19-20H,6,9,12-17H2,(H,24,26)/t20-/m1/s1. The summed E-state index contributed by atoms with van der Waals surface area (Å²) in [5.74, 6) is 1.23. The van der Waals surface area contributed by atoms with Gasteiger partial charge in [-0.25, -0.2) is 4.79 Å². The number of benzene rings is 2. The van der Waals surface area contributed by atoms with Crippen LogP contribution in [0.4, 0.5) is 10.5 Å². The Bertz CT molecular complexity index is 766. The van der Waals surface area contributed by atoms with E-state index in [1.165, 1.54) is 5.56 Å². The number of likely N-dealkylation sites (tertiary alicyclic amines) is 1. The summed E-state index contributed by atoms with van der Waals surface area (Å²) in [5, 5.41) is 3.03. The van der Waals surface area contributed by atoms with Gasteiger partial charge in [0, 0.05) is 19.7 Å². The molecule has 2 fully saturated rings. The number of hydrogen-bond donors (Lipinski definition) is 1. The number of amides is 2. The first-order chi connectivity index (χ1) is 13.8. The van der Waals surface area contributed by atoms with Gasteiger partial charge in [-0.15, -0.1) is 0 Å². The van der Waals surface area contributed by atoms with Gasteiger partial charge in [0.2, 0.25) is 0 Å². The van der Waals surface area contributed by atoms with Crippen LogP contribution in [0.5, 0.6) is 5.75 Å². The zero-order valence-electron chi connectivity index (χ0n) is 16.2. The number of hydrogen-bond acceptors (Lipinski definition) is 3. The Morgan fingerprint density at radius 3 is 2.54 bits per heavy atom. The average molecular weight is 380 g/mol. The molecule has 2 aliphatic heterocycles. The van der Waals surface area contributed by atoms with Crippen molar-refractivity contribution in [2.24, 2.45) is 0 Å². The van der Waals surface area contributed by atoms with Crippen molar-refractivity contribution < 1.29 is 14.3 Å². The summed E-state index contributed by atoms with van der Waals surface area (Å²) in [6, 6.07) is 18.1. The molecule has 2 amide bonds. The average Bonchev–Trinajstić information content (AvgIpc) is 3.27. The Morgan fingerprint density at radius 2 is 1.79 bits per heavy atom. The highest BCUT2D eigenvalue weighted by Crippen LogP contribution is 2.29. The summed E-state index contributed by atoms with van der Waals surface area (Å²) in [7, 11) is 0. The van der Waals surface area contributed by atoms with Crippen molar-refractivity contribution in [3.05, 3.63) is 60.2 Å². The van der Waals surface area contributed by atoms with Gasteiger partial charge < -0.3 is 19.7 Å². The number of nitrogens with zero attached hydrogens (tertiary/aromatic N) is 1. The quantitative estimate of drug-likeness (QED) is 0.821. The van der Waals surface area contributed by atoms with Gasteiger partial charge in [0.05, 0.1) is 11.8 Å². The zero-order chi connectivity index (χ0) is 19.2. The molecule has 1 atom stereocenters. The van der Waals surface area contributed by atoms with Crippen LogP contribution in [-0.4, -0.2) is 43.3 Å². The first kappa shape index (κ1) is 18.8. The fourth-order valence-electron chi connectivity index (χ4n) is 3.99. The van der Waals surface area contributed by atoms with E-state index < -0.39 is 0 Å². The number of nitrogens with one attached hydrogen (secondary N) is 1. The molecular weight excluding hydrogens is 352 g/mol. The summed E-state index contributed by atoms with van der Waals surface area (Å²) in [4.78, 5) is 14.7. The van der Waals surface area contributed by atoms with Crippen molar-refractivity contribution in [3.63, 3.8) is 0 Å². The minimum Gasteiger partial charge on any atom is -0.489 e. The van der Waals surface area contributed by atoms with E-state index in [0.717, 1.165) is 51.1 Å². The van der Waals surface area contributed by atoms with Crippen LogP contribution in [0.25, 0.3) is 0 Å². The molecule has 0 unspecified atom stereocenters. The van der Waals surface area contributed by atoms with Crippen molar-refractivity contribution in [1.29, 1.82) is 0 Å². The molecule has 0 aromatic heterocycles. The second-order valence-corrected chi connectivity index (χ2v) is 7.54. The van der Waals surface area contributed by atoms with Crippen molar-refractivity contribution in [2.75, 3.05) is 31.6 Å². The van der Waals surface area contributed by atoms with Crippen LogP contribution in [0.3, 0.4) is 0 Å². The van der Waals surface area contributed by atoms with Crippen molar-refractivity contribution in [2.45, 2.75) is 37.7 Å². The number of ether oxygens (including phenoxy) is 2. The molecule has 4 rings (SSSR count). The smallest absolute Gasteiger partial charge is 0.321 e. The Morgan fingerprint density at radius 1 is 1.04 bits per heavy atom. The zero-order valence-corrected chi connectivity index (χ0v) is 16.2. The van der Waals surface area contributed by atoms with Crippen LogP contribution in [-0.2, 0) is 4.74 Å². The molecular formula is C23H28N2O3.